The maximum absolute atomic E-state index is 6.49. The summed E-state index contributed by atoms with van der Waals surface area (Å²) in [7, 11) is 0. The van der Waals surface area contributed by atoms with Crippen molar-refractivity contribution in [3.63, 3.8) is 0 Å². The van der Waals surface area contributed by atoms with Gasteiger partial charge >= 0.3 is 0 Å². The maximum atomic E-state index is 6.49. The topological polar surface area (TPSA) is 79.4 Å². The first-order chi connectivity index (χ1) is 15.1. The number of nitrogens with one attached hydrogen (secondary N) is 2. The van der Waals surface area contributed by atoms with Crippen LogP contribution in [0.4, 0.5) is 5.82 Å². The predicted molar refractivity (Wildman–Crippen MR) is 125 cm³/mol. The van der Waals surface area contributed by atoms with E-state index in [1.54, 1.807) is 6.33 Å². The molecule has 0 unspecified atom stereocenters. The van der Waals surface area contributed by atoms with Crippen LogP contribution in [0.1, 0.15) is 30.9 Å². The Balaban J connectivity index is 1.64. The molecule has 3 aromatic heterocycles. The van der Waals surface area contributed by atoms with Crippen molar-refractivity contribution in [3.8, 4) is 11.3 Å². The van der Waals surface area contributed by atoms with E-state index in [0.717, 1.165) is 33.2 Å². The molecule has 154 valence electrons. The third kappa shape index (κ3) is 3.59. The van der Waals surface area contributed by atoms with Crippen molar-refractivity contribution in [1.29, 1.82) is 0 Å². The van der Waals surface area contributed by atoms with Gasteiger partial charge in [0.25, 0.3) is 0 Å². The molecule has 0 aliphatic heterocycles. The highest BCUT2D eigenvalue weighted by Gasteiger charge is 2.16. The summed E-state index contributed by atoms with van der Waals surface area (Å²) in [6, 6.07) is 16.4. The fourth-order valence-electron chi connectivity index (χ4n) is 3.87. The summed E-state index contributed by atoms with van der Waals surface area (Å²) in [6.07, 6.45) is 3.13. The number of H-pyrrole nitrogens is 1. The lowest BCUT2D eigenvalue weighted by Crippen LogP contribution is -2.06. The molecular weight excluding hydrogens is 408 g/mol. The zero-order valence-electron chi connectivity index (χ0n) is 17.2. The number of hydrogen-bond acceptors (Lipinski definition) is 5. The predicted octanol–water partition coefficient (Wildman–Crippen LogP) is 5.96. The molecular formula is C24H21ClN6. The molecule has 6 nitrogen and oxygen atoms in total. The van der Waals surface area contributed by atoms with E-state index in [1.807, 2.05) is 18.2 Å². The smallest absolute Gasteiger partial charge is 0.182 e. The third-order valence-corrected chi connectivity index (χ3v) is 5.69. The number of para-hydroxylation sites is 1. The molecule has 2 aromatic carbocycles. The summed E-state index contributed by atoms with van der Waals surface area (Å²) in [5.41, 5.74) is 6.57. The summed E-state index contributed by atoms with van der Waals surface area (Å²) in [4.78, 5) is 20.9. The van der Waals surface area contributed by atoms with Crippen LogP contribution in [0.5, 0.6) is 0 Å². The van der Waals surface area contributed by atoms with Crippen LogP contribution in [-0.4, -0.2) is 24.9 Å². The van der Waals surface area contributed by atoms with Gasteiger partial charge in [-0.1, -0.05) is 61.8 Å². The molecule has 0 aliphatic rings. The largest absolute Gasteiger partial charge is 0.364 e. The summed E-state index contributed by atoms with van der Waals surface area (Å²) < 4.78 is 0. The van der Waals surface area contributed by atoms with Crippen molar-refractivity contribution < 1.29 is 0 Å². The molecule has 0 atom stereocenters. The van der Waals surface area contributed by atoms with E-state index in [-0.39, 0.29) is 0 Å². The van der Waals surface area contributed by atoms with Crippen molar-refractivity contribution in [1.82, 2.24) is 24.9 Å². The van der Waals surface area contributed by atoms with Crippen LogP contribution in [0.25, 0.3) is 33.3 Å². The van der Waals surface area contributed by atoms with Crippen LogP contribution in [0, 0.1) is 0 Å². The number of hydrogen-bond donors (Lipinski definition) is 2. The second kappa shape index (κ2) is 7.96. The molecule has 0 radical (unpaired) electrons. The molecule has 5 aromatic rings. The molecule has 0 fully saturated rings. The Hall–Kier alpha value is -3.51. The SMILES string of the molecule is CC(C)c1ccccc1-c1nc2c(Cl)cccc2cc1CNc1ncnc2nc[nH]c12. The first-order valence-electron chi connectivity index (χ1n) is 10.2. The lowest BCUT2D eigenvalue weighted by Gasteiger charge is -2.17. The Bertz CT molecular complexity index is 1390. The Morgan fingerprint density at radius 3 is 2.77 bits per heavy atom. The highest BCUT2D eigenvalue weighted by Crippen LogP contribution is 2.34. The second-order valence-electron chi connectivity index (χ2n) is 7.73. The number of benzene rings is 2. The van der Waals surface area contributed by atoms with Gasteiger partial charge in [0, 0.05) is 17.5 Å². The van der Waals surface area contributed by atoms with Gasteiger partial charge in [-0.2, -0.15) is 0 Å². The van der Waals surface area contributed by atoms with Crippen molar-refractivity contribution in [2.45, 2.75) is 26.3 Å². The molecule has 0 saturated carbocycles. The van der Waals surface area contributed by atoms with Gasteiger partial charge in [0.2, 0.25) is 0 Å². The van der Waals surface area contributed by atoms with Gasteiger partial charge in [0.15, 0.2) is 11.5 Å². The van der Waals surface area contributed by atoms with Gasteiger partial charge in [0.1, 0.15) is 11.8 Å². The molecule has 0 spiro atoms. The first-order valence-corrected chi connectivity index (χ1v) is 10.5. The molecule has 0 amide bonds. The van der Waals surface area contributed by atoms with E-state index in [2.05, 4.69) is 69.4 Å². The van der Waals surface area contributed by atoms with Crippen LogP contribution in [-0.2, 0) is 6.54 Å². The fourth-order valence-corrected chi connectivity index (χ4v) is 4.09. The molecule has 2 N–H and O–H groups in total. The molecule has 0 aliphatic carbocycles. The first kappa shape index (κ1) is 19.5. The number of aromatic nitrogens is 5. The van der Waals surface area contributed by atoms with Gasteiger partial charge in [-0.05, 0) is 29.2 Å². The van der Waals surface area contributed by atoms with Crippen molar-refractivity contribution in [3.05, 3.63) is 77.3 Å². The van der Waals surface area contributed by atoms with E-state index >= 15 is 0 Å². The lowest BCUT2D eigenvalue weighted by molar-refractivity contribution is 0.867. The highest BCUT2D eigenvalue weighted by atomic mass is 35.5. The van der Waals surface area contributed by atoms with Crippen LogP contribution in [0.15, 0.2) is 61.2 Å². The maximum Gasteiger partial charge on any atom is 0.182 e. The van der Waals surface area contributed by atoms with E-state index in [9.17, 15) is 0 Å². The zero-order chi connectivity index (χ0) is 21.4. The van der Waals surface area contributed by atoms with Crippen LogP contribution in [0.2, 0.25) is 5.02 Å². The average Bonchev–Trinajstić information content (AvgIpc) is 3.27. The number of rotatable bonds is 5. The fraction of sp³-hybridized carbons (Fsp3) is 0.167. The standard InChI is InChI=1S/C24H21ClN6/c1-14(2)17-7-3-4-8-18(17)20-16(10-15-6-5-9-19(25)21(15)31-20)11-26-23-22-24(28-12-27-22)30-13-29-23/h3-10,12-14H,11H2,1-2H3,(H2,26,27,28,29,30). The van der Waals surface area contributed by atoms with Gasteiger partial charge in [-0.15, -0.1) is 0 Å². The number of anilines is 1. The minimum atomic E-state index is 0.368. The Labute approximate surface area is 184 Å². The molecule has 0 bridgehead atoms. The summed E-state index contributed by atoms with van der Waals surface area (Å²) in [5.74, 6) is 1.07. The minimum absolute atomic E-state index is 0.368. The molecule has 31 heavy (non-hydrogen) atoms. The lowest BCUT2D eigenvalue weighted by atomic mass is 9.92. The van der Waals surface area contributed by atoms with E-state index in [0.29, 0.717) is 29.0 Å². The minimum Gasteiger partial charge on any atom is -0.364 e. The number of imidazole rings is 1. The van der Waals surface area contributed by atoms with Gasteiger partial charge < -0.3 is 10.3 Å². The zero-order valence-corrected chi connectivity index (χ0v) is 18.0. The molecule has 5 rings (SSSR count). The van der Waals surface area contributed by atoms with Crippen LogP contribution < -0.4 is 5.32 Å². The Kier molecular flexibility index (Phi) is 5.00. The monoisotopic (exact) mass is 428 g/mol. The van der Waals surface area contributed by atoms with Crippen LogP contribution in [0.3, 0.4) is 0 Å². The second-order valence-corrected chi connectivity index (χ2v) is 8.13. The third-order valence-electron chi connectivity index (χ3n) is 5.38. The number of aromatic amines is 1. The number of halogens is 1. The van der Waals surface area contributed by atoms with Gasteiger partial charge in [-0.25, -0.2) is 19.9 Å². The quantitative estimate of drug-likeness (QED) is 0.361. The Morgan fingerprint density at radius 1 is 1.03 bits per heavy atom. The molecule has 3 heterocycles. The van der Waals surface area contributed by atoms with Gasteiger partial charge in [-0.3, -0.25) is 0 Å². The number of pyridine rings is 1. The average molecular weight is 429 g/mol. The van der Waals surface area contributed by atoms with E-state index in [4.69, 9.17) is 16.6 Å². The number of fused-ring (bicyclic) bond motifs is 2. The van der Waals surface area contributed by atoms with Crippen molar-refractivity contribution in [2.24, 2.45) is 0 Å². The van der Waals surface area contributed by atoms with E-state index in [1.165, 1.54) is 11.9 Å². The highest BCUT2D eigenvalue weighted by molar-refractivity contribution is 6.35. The summed E-state index contributed by atoms with van der Waals surface area (Å²) >= 11 is 6.49. The molecule has 0 saturated heterocycles. The molecule has 7 heteroatoms. The van der Waals surface area contributed by atoms with Crippen molar-refractivity contribution >= 4 is 39.5 Å². The van der Waals surface area contributed by atoms with E-state index < -0.39 is 0 Å². The number of nitrogens with zero attached hydrogens (tertiary/aromatic N) is 4. The van der Waals surface area contributed by atoms with Crippen molar-refractivity contribution in [2.75, 3.05) is 5.32 Å². The van der Waals surface area contributed by atoms with Crippen LogP contribution >= 0.6 is 11.6 Å². The van der Waals surface area contributed by atoms with Gasteiger partial charge in [0.05, 0.1) is 22.6 Å². The Morgan fingerprint density at radius 2 is 1.90 bits per heavy atom. The normalized spacial score (nSPS) is 11.5. The summed E-state index contributed by atoms with van der Waals surface area (Å²) in [5, 5.41) is 5.09. The summed E-state index contributed by atoms with van der Waals surface area (Å²) in [6.45, 7) is 4.93.